The normalized spacial score (nSPS) is 19.4. The Morgan fingerprint density at radius 3 is 2.78 bits per heavy atom. The summed E-state index contributed by atoms with van der Waals surface area (Å²) < 4.78 is 1.94. The van der Waals surface area contributed by atoms with Gasteiger partial charge in [-0.25, -0.2) is 4.98 Å². The molecule has 3 heterocycles. The van der Waals surface area contributed by atoms with Crippen LogP contribution in [0.15, 0.2) is 6.33 Å². The van der Waals surface area contributed by atoms with Crippen molar-refractivity contribution in [1.82, 2.24) is 19.6 Å². The number of hydrogen-bond donors (Lipinski definition) is 0. The Kier molecular flexibility index (Phi) is 2.25. The highest BCUT2D eigenvalue weighted by Crippen LogP contribution is 2.31. The van der Waals surface area contributed by atoms with Crippen LogP contribution in [-0.4, -0.2) is 32.7 Å². The number of fused-ring (bicyclic) bond motifs is 2. The molecule has 0 N–H and O–H groups in total. The quantitative estimate of drug-likeness (QED) is 0.763. The van der Waals surface area contributed by atoms with Crippen LogP contribution in [0.25, 0.3) is 5.78 Å². The van der Waals surface area contributed by atoms with Crippen molar-refractivity contribution in [3.05, 3.63) is 17.6 Å². The summed E-state index contributed by atoms with van der Waals surface area (Å²) in [7, 11) is 0. The topological polar surface area (TPSA) is 46.3 Å². The van der Waals surface area contributed by atoms with Gasteiger partial charge in [-0.2, -0.15) is 14.6 Å². The molecule has 5 nitrogen and oxygen atoms in total. The van der Waals surface area contributed by atoms with Crippen LogP contribution >= 0.6 is 0 Å². The highest BCUT2D eigenvalue weighted by atomic mass is 15.4. The molecule has 0 atom stereocenters. The lowest BCUT2D eigenvalue weighted by Crippen LogP contribution is -2.32. The SMILES string of the molecule is c1nc2nc3c(c(N4CCCCC4)n2n1)CCC3. The van der Waals surface area contributed by atoms with Gasteiger partial charge in [0.15, 0.2) is 0 Å². The molecule has 0 radical (unpaired) electrons. The summed E-state index contributed by atoms with van der Waals surface area (Å²) in [6, 6.07) is 0. The third kappa shape index (κ3) is 1.43. The lowest BCUT2D eigenvalue weighted by molar-refractivity contribution is 0.566. The maximum absolute atomic E-state index is 4.63. The van der Waals surface area contributed by atoms with Crippen LogP contribution in [0.1, 0.15) is 36.9 Å². The molecule has 5 heteroatoms. The molecule has 0 unspecified atom stereocenters. The average Bonchev–Trinajstić information content (AvgIpc) is 3.04. The first-order valence-electron chi connectivity index (χ1n) is 6.90. The Bertz CT molecular complexity index is 582. The zero-order chi connectivity index (χ0) is 11.9. The summed E-state index contributed by atoms with van der Waals surface area (Å²) in [4.78, 5) is 11.4. The molecule has 0 spiro atoms. The zero-order valence-electron chi connectivity index (χ0n) is 10.5. The van der Waals surface area contributed by atoms with Crippen LogP contribution in [0, 0.1) is 0 Å². The monoisotopic (exact) mass is 243 g/mol. The first kappa shape index (κ1) is 10.3. The van der Waals surface area contributed by atoms with E-state index in [1.807, 2.05) is 4.52 Å². The first-order chi connectivity index (χ1) is 8.93. The molecule has 1 aliphatic heterocycles. The second-order valence-corrected chi connectivity index (χ2v) is 5.23. The summed E-state index contributed by atoms with van der Waals surface area (Å²) in [5.41, 5.74) is 2.66. The minimum atomic E-state index is 0.760. The van der Waals surface area contributed by atoms with Gasteiger partial charge in [0.05, 0.1) is 5.69 Å². The second kappa shape index (κ2) is 3.93. The van der Waals surface area contributed by atoms with Gasteiger partial charge in [-0.1, -0.05) is 0 Å². The van der Waals surface area contributed by atoms with Crippen LogP contribution in [0.4, 0.5) is 5.82 Å². The Labute approximate surface area is 106 Å². The van der Waals surface area contributed by atoms with Crippen molar-refractivity contribution in [1.29, 1.82) is 0 Å². The molecule has 0 saturated carbocycles. The Hall–Kier alpha value is -1.65. The minimum Gasteiger partial charge on any atom is -0.356 e. The molecule has 94 valence electrons. The van der Waals surface area contributed by atoms with E-state index in [9.17, 15) is 0 Å². The summed E-state index contributed by atoms with van der Waals surface area (Å²) in [6.45, 7) is 2.29. The van der Waals surface area contributed by atoms with Crippen LogP contribution in [-0.2, 0) is 12.8 Å². The van der Waals surface area contributed by atoms with E-state index in [0.717, 1.165) is 31.7 Å². The lowest BCUT2D eigenvalue weighted by Gasteiger charge is -2.30. The molecule has 2 aliphatic rings. The molecular weight excluding hydrogens is 226 g/mol. The van der Waals surface area contributed by atoms with Crippen molar-refractivity contribution < 1.29 is 0 Å². The Morgan fingerprint density at radius 1 is 1.00 bits per heavy atom. The highest BCUT2D eigenvalue weighted by molar-refractivity contribution is 5.56. The van der Waals surface area contributed by atoms with Gasteiger partial charge >= 0.3 is 0 Å². The van der Waals surface area contributed by atoms with Crippen LogP contribution in [0.2, 0.25) is 0 Å². The van der Waals surface area contributed by atoms with Crippen LogP contribution in [0.5, 0.6) is 0 Å². The molecule has 1 saturated heterocycles. The van der Waals surface area contributed by atoms with Crippen LogP contribution < -0.4 is 4.90 Å². The molecule has 1 aliphatic carbocycles. The number of hydrogen-bond acceptors (Lipinski definition) is 4. The second-order valence-electron chi connectivity index (χ2n) is 5.23. The van der Waals surface area contributed by atoms with Gasteiger partial charge in [-0.3, -0.25) is 0 Å². The maximum Gasteiger partial charge on any atom is 0.254 e. The van der Waals surface area contributed by atoms with Crippen molar-refractivity contribution in [2.24, 2.45) is 0 Å². The summed E-state index contributed by atoms with van der Waals surface area (Å²) >= 11 is 0. The molecule has 0 amide bonds. The fourth-order valence-corrected chi connectivity index (χ4v) is 3.23. The fourth-order valence-electron chi connectivity index (χ4n) is 3.23. The van der Waals surface area contributed by atoms with E-state index in [1.165, 1.54) is 42.8 Å². The Balaban J connectivity index is 1.93. The number of anilines is 1. The summed E-state index contributed by atoms with van der Waals surface area (Å²) in [6.07, 6.45) is 9.00. The van der Waals surface area contributed by atoms with Gasteiger partial charge in [0.2, 0.25) is 0 Å². The van der Waals surface area contributed by atoms with Crippen molar-refractivity contribution in [2.45, 2.75) is 38.5 Å². The van der Waals surface area contributed by atoms with E-state index < -0.39 is 0 Å². The van der Waals surface area contributed by atoms with E-state index in [-0.39, 0.29) is 0 Å². The van der Waals surface area contributed by atoms with Gasteiger partial charge in [0, 0.05) is 18.7 Å². The van der Waals surface area contributed by atoms with Gasteiger partial charge in [0.25, 0.3) is 5.78 Å². The number of rotatable bonds is 1. The van der Waals surface area contributed by atoms with E-state index in [0.29, 0.717) is 0 Å². The smallest absolute Gasteiger partial charge is 0.254 e. The van der Waals surface area contributed by atoms with Gasteiger partial charge in [-0.15, -0.1) is 0 Å². The minimum absolute atomic E-state index is 0.760. The van der Waals surface area contributed by atoms with E-state index in [1.54, 1.807) is 6.33 Å². The fraction of sp³-hybridized carbons (Fsp3) is 0.615. The molecule has 2 aromatic rings. The Morgan fingerprint density at radius 2 is 1.89 bits per heavy atom. The van der Waals surface area contributed by atoms with E-state index in [4.69, 9.17) is 0 Å². The largest absolute Gasteiger partial charge is 0.356 e. The number of piperidine rings is 1. The third-order valence-electron chi connectivity index (χ3n) is 4.08. The van der Waals surface area contributed by atoms with E-state index in [2.05, 4.69) is 20.0 Å². The van der Waals surface area contributed by atoms with Crippen molar-refractivity contribution in [3.8, 4) is 0 Å². The van der Waals surface area contributed by atoms with E-state index >= 15 is 0 Å². The third-order valence-corrected chi connectivity index (χ3v) is 4.08. The molecule has 1 fully saturated rings. The zero-order valence-corrected chi connectivity index (χ0v) is 10.5. The van der Waals surface area contributed by atoms with Gasteiger partial charge < -0.3 is 4.90 Å². The van der Waals surface area contributed by atoms with Crippen molar-refractivity contribution in [2.75, 3.05) is 18.0 Å². The maximum atomic E-state index is 4.63. The van der Waals surface area contributed by atoms with Gasteiger partial charge in [0.1, 0.15) is 12.1 Å². The summed E-state index contributed by atoms with van der Waals surface area (Å²) in [5.74, 6) is 2.03. The van der Waals surface area contributed by atoms with Crippen molar-refractivity contribution in [3.63, 3.8) is 0 Å². The first-order valence-corrected chi connectivity index (χ1v) is 6.90. The molecule has 0 aromatic carbocycles. The van der Waals surface area contributed by atoms with Crippen molar-refractivity contribution >= 4 is 11.6 Å². The van der Waals surface area contributed by atoms with Gasteiger partial charge in [-0.05, 0) is 38.5 Å². The molecule has 0 bridgehead atoms. The lowest BCUT2D eigenvalue weighted by atomic mass is 10.1. The van der Waals surface area contributed by atoms with Crippen LogP contribution in [0.3, 0.4) is 0 Å². The number of aryl methyl sites for hydroxylation is 1. The number of aromatic nitrogens is 4. The standard InChI is InChI=1S/C13H17N5/c1-2-7-17(8-3-1)12-10-5-4-6-11(10)16-13-14-9-15-18(12)13/h9H,1-8H2. The molecular formula is C13H17N5. The predicted octanol–water partition coefficient (Wildman–Crippen LogP) is 1.60. The highest BCUT2D eigenvalue weighted by Gasteiger charge is 2.25. The average molecular weight is 243 g/mol. The number of nitrogens with zero attached hydrogens (tertiary/aromatic N) is 5. The molecule has 4 rings (SSSR count). The summed E-state index contributed by atoms with van der Waals surface area (Å²) in [5, 5.41) is 4.37. The predicted molar refractivity (Wildman–Crippen MR) is 68.9 cm³/mol. The molecule has 18 heavy (non-hydrogen) atoms. The molecule has 2 aromatic heterocycles.